The van der Waals surface area contributed by atoms with E-state index in [0.29, 0.717) is 0 Å². The van der Waals surface area contributed by atoms with Crippen LogP contribution < -0.4 is 0 Å². The van der Waals surface area contributed by atoms with E-state index in [4.69, 9.17) is 11.1 Å². The summed E-state index contributed by atoms with van der Waals surface area (Å²) >= 11 is 6.48. The summed E-state index contributed by atoms with van der Waals surface area (Å²) in [6, 6.07) is 2.83. The molecule has 1 aliphatic carbocycles. The summed E-state index contributed by atoms with van der Waals surface area (Å²) in [4.78, 5) is 0. The first-order chi connectivity index (χ1) is 5.17. The Morgan fingerprint density at radius 3 is 2.00 bits per heavy atom. The highest BCUT2D eigenvalue weighted by atomic mass is 35.6. The fourth-order valence-electron chi connectivity index (χ4n) is 3.00. The van der Waals surface area contributed by atoms with Crippen LogP contribution in [0, 0.1) is 11.8 Å². The van der Waals surface area contributed by atoms with E-state index in [1.165, 1.54) is 37.8 Å². The summed E-state index contributed by atoms with van der Waals surface area (Å²) < 4.78 is 0. The van der Waals surface area contributed by atoms with Crippen molar-refractivity contribution < 1.29 is 0 Å². The Hall–Kier alpha value is 0.507. The molecule has 1 aliphatic heterocycles. The Balaban J connectivity index is 2.03. The molecular weight excluding hydrogens is 172 g/mol. The van der Waals surface area contributed by atoms with Crippen LogP contribution in [0.2, 0.25) is 18.6 Å². The third-order valence-corrected chi connectivity index (χ3v) is 7.12. The predicted octanol–water partition coefficient (Wildman–Crippen LogP) is 3.62. The molecule has 64 valence electrons. The fraction of sp³-hybridized carbons (Fsp3) is 1.00. The monoisotopic (exact) mass is 188 g/mol. The van der Waals surface area contributed by atoms with Crippen molar-refractivity contribution in [2.75, 3.05) is 0 Å². The molecule has 0 aromatic carbocycles. The van der Waals surface area contributed by atoms with Gasteiger partial charge in [0, 0.05) is 0 Å². The predicted molar refractivity (Wildman–Crippen MR) is 52.5 cm³/mol. The molecule has 2 rings (SSSR count). The summed E-state index contributed by atoms with van der Waals surface area (Å²) in [6.45, 7) is 2.35. The number of halogens is 1. The van der Waals surface area contributed by atoms with Crippen LogP contribution in [0.4, 0.5) is 0 Å². The third-order valence-electron chi connectivity index (χ3n) is 3.44. The smallest absolute Gasteiger partial charge is 0.154 e. The Morgan fingerprint density at radius 1 is 1.09 bits per heavy atom. The topological polar surface area (TPSA) is 0 Å². The third kappa shape index (κ3) is 1.64. The highest BCUT2D eigenvalue weighted by molar-refractivity contribution is 7.20. The molecule has 0 spiro atoms. The lowest BCUT2D eigenvalue weighted by molar-refractivity contribution is 0.294. The molecule has 0 aromatic rings. The van der Waals surface area contributed by atoms with E-state index in [2.05, 4.69) is 6.55 Å². The van der Waals surface area contributed by atoms with E-state index in [1.54, 1.807) is 0 Å². The van der Waals surface area contributed by atoms with Crippen LogP contribution in [0.3, 0.4) is 0 Å². The number of hydrogen-bond donors (Lipinski definition) is 0. The molecule has 2 heteroatoms. The van der Waals surface area contributed by atoms with Crippen molar-refractivity contribution >= 4 is 18.5 Å². The second-order valence-corrected chi connectivity index (χ2v) is 11.0. The summed E-state index contributed by atoms with van der Waals surface area (Å²) in [5.74, 6) is 2.08. The lowest BCUT2D eigenvalue weighted by Gasteiger charge is -2.24. The van der Waals surface area contributed by atoms with Crippen molar-refractivity contribution in [3.63, 3.8) is 0 Å². The quantitative estimate of drug-likeness (QED) is 0.403. The van der Waals surface area contributed by atoms with E-state index in [9.17, 15) is 0 Å². The summed E-state index contributed by atoms with van der Waals surface area (Å²) in [5, 5.41) is 0. The van der Waals surface area contributed by atoms with Crippen molar-refractivity contribution in [3.8, 4) is 0 Å². The molecule has 11 heavy (non-hydrogen) atoms. The van der Waals surface area contributed by atoms with Gasteiger partial charge in [0.15, 0.2) is 7.38 Å². The summed E-state index contributed by atoms with van der Waals surface area (Å²) in [7, 11) is -1.20. The highest BCUT2D eigenvalue weighted by Crippen LogP contribution is 2.48. The zero-order valence-corrected chi connectivity index (χ0v) is 9.03. The number of hydrogen-bond acceptors (Lipinski definition) is 0. The van der Waals surface area contributed by atoms with E-state index >= 15 is 0 Å². The van der Waals surface area contributed by atoms with Crippen LogP contribution in [0.1, 0.15) is 25.7 Å². The Bertz CT molecular complexity index is 140. The second-order valence-electron chi connectivity index (χ2n) is 4.63. The maximum absolute atomic E-state index is 6.48. The Morgan fingerprint density at radius 2 is 1.55 bits per heavy atom. The largest absolute Gasteiger partial charge is 0.167 e. The van der Waals surface area contributed by atoms with Crippen LogP contribution >= 0.6 is 11.1 Å². The normalized spacial score (nSPS) is 50.7. The minimum atomic E-state index is -1.20. The van der Waals surface area contributed by atoms with Gasteiger partial charge in [0.1, 0.15) is 0 Å². The molecule has 2 fully saturated rings. The van der Waals surface area contributed by atoms with Crippen molar-refractivity contribution in [1.82, 2.24) is 0 Å². The van der Waals surface area contributed by atoms with Crippen molar-refractivity contribution in [1.29, 1.82) is 0 Å². The summed E-state index contributed by atoms with van der Waals surface area (Å²) in [5.41, 5.74) is 0. The van der Waals surface area contributed by atoms with Gasteiger partial charge in [-0.3, -0.25) is 0 Å². The average Bonchev–Trinajstić information content (AvgIpc) is 2.21. The zero-order chi connectivity index (χ0) is 7.90. The first kappa shape index (κ1) is 8.12. The standard InChI is InChI=1S/C9H17ClSi/c1-11(10)6-8-4-2-3-5-9(8)7-11/h8-9H,2-7H2,1H3. The van der Waals surface area contributed by atoms with Gasteiger partial charge in [-0.15, -0.1) is 0 Å². The second kappa shape index (κ2) is 2.77. The SMILES string of the molecule is C[Si]1(Cl)CC2CCCCC2C1. The Kier molecular flexibility index (Phi) is 2.05. The molecule has 1 saturated heterocycles. The summed E-state index contributed by atoms with van der Waals surface area (Å²) in [6.07, 6.45) is 5.92. The van der Waals surface area contributed by atoms with Gasteiger partial charge in [-0.25, -0.2) is 0 Å². The van der Waals surface area contributed by atoms with Crippen molar-refractivity contribution in [2.45, 2.75) is 44.3 Å². The van der Waals surface area contributed by atoms with Gasteiger partial charge in [0.25, 0.3) is 0 Å². The number of fused-ring (bicyclic) bond motifs is 1. The molecule has 0 nitrogen and oxygen atoms in total. The molecule has 2 unspecified atom stereocenters. The fourth-order valence-corrected chi connectivity index (χ4v) is 7.62. The highest BCUT2D eigenvalue weighted by Gasteiger charge is 2.43. The van der Waals surface area contributed by atoms with E-state index in [0.717, 1.165) is 11.8 Å². The molecule has 0 bridgehead atoms. The minimum absolute atomic E-state index is 1.04. The molecule has 0 amide bonds. The zero-order valence-electron chi connectivity index (χ0n) is 7.28. The van der Waals surface area contributed by atoms with Gasteiger partial charge in [-0.1, -0.05) is 32.2 Å². The van der Waals surface area contributed by atoms with Crippen LogP contribution in [0.25, 0.3) is 0 Å². The van der Waals surface area contributed by atoms with E-state index < -0.39 is 7.38 Å². The molecule has 0 N–H and O–H groups in total. The van der Waals surface area contributed by atoms with E-state index in [-0.39, 0.29) is 0 Å². The average molecular weight is 189 g/mol. The van der Waals surface area contributed by atoms with Crippen LogP contribution in [-0.2, 0) is 0 Å². The van der Waals surface area contributed by atoms with Gasteiger partial charge < -0.3 is 0 Å². The van der Waals surface area contributed by atoms with Crippen LogP contribution in [0.15, 0.2) is 0 Å². The first-order valence-corrected chi connectivity index (χ1v) is 8.79. The lowest BCUT2D eigenvalue weighted by Crippen LogP contribution is -2.16. The maximum Gasteiger partial charge on any atom is 0.154 e. The van der Waals surface area contributed by atoms with Gasteiger partial charge in [0.05, 0.1) is 0 Å². The lowest BCUT2D eigenvalue weighted by atomic mass is 9.82. The van der Waals surface area contributed by atoms with E-state index in [1.807, 2.05) is 0 Å². The molecular formula is C9H17ClSi. The van der Waals surface area contributed by atoms with Gasteiger partial charge in [0.2, 0.25) is 0 Å². The molecule has 1 heterocycles. The number of rotatable bonds is 0. The van der Waals surface area contributed by atoms with Crippen molar-refractivity contribution in [2.24, 2.45) is 11.8 Å². The van der Waals surface area contributed by atoms with Gasteiger partial charge in [-0.05, 0) is 23.9 Å². The maximum atomic E-state index is 6.48. The van der Waals surface area contributed by atoms with Gasteiger partial charge in [-0.2, -0.15) is 11.1 Å². The molecule has 2 atom stereocenters. The molecule has 0 radical (unpaired) electrons. The van der Waals surface area contributed by atoms with Crippen LogP contribution in [0.5, 0.6) is 0 Å². The van der Waals surface area contributed by atoms with Gasteiger partial charge >= 0.3 is 0 Å². The molecule has 2 aliphatic rings. The minimum Gasteiger partial charge on any atom is -0.167 e. The molecule has 1 saturated carbocycles. The van der Waals surface area contributed by atoms with Crippen LogP contribution in [-0.4, -0.2) is 7.38 Å². The van der Waals surface area contributed by atoms with Crippen molar-refractivity contribution in [3.05, 3.63) is 0 Å². The first-order valence-electron chi connectivity index (χ1n) is 4.86. The Labute approximate surface area is 75.0 Å². The molecule has 0 aromatic heterocycles.